The zero-order valence-corrected chi connectivity index (χ0v) is 43.7. The highest BCUT2D eigenvalue weighted by molar-refractivity contribution is 7.91. The van der Waals surface area contributed by atoms with E-state index >= 15 is 0 Å². The predicted octanol–water partition coefficient (Wildman–Crippen LogP) is 7.77. The summed E-state index contributed by atoms with van der Waals surface area (Å²) in [5.74, 6) is 0.0205. The van der Waals surface area contributed by atoms with E-state index in [1.54, 1.807) is 37.6 Å². The molecule has 20 nitrogen and oxygen atoms in total. The van der Waals surface area contributed by atoms with Crippen molar-refractivity contribution in [2.24, 2.45) is 7.05 Å². The molecule has 0 spiro atoms. The average Bonchev–Trinajstić information content (AvgIpc) is 3.64. The van der Waals surface area contributed by atoms with Gasteiger partial charge in [0.15, 0.2) is 39.3 Å². The van der Waals surface area contributed by atoms with Crippen LogP contribution in [0.25, 0.3) is 11.0 Å². The van der Waals surface area contributed by atoms with E-state index in [1.807, 2.05) is 11.6 Å². The van der Waals surface area contributed by atoms with Crippen LogP contribution in [0.2, 0.25) is 20.1 Å². The number of nitro groups is 1. The Balaban J connectivity index is 0.000000236. The number of hydrogen-bond acceptors (Lipinski definition) is 17. The van der Waals surface area contributed by atoms with Gasteiger partial charge in [0.25, 0.3) is 11.6 Å². The van der Waals surface area contributed by atoms with E-state index in [0.717, 1.165) is 36.6 Å². The lowest BCUT2D eigenvalue weighted by atomic mass is 10.2. The molecule has 1 atom stereocenters. The highest BCUT2D eigenvalue weighted by Crippen LogP contribution is 2.29. The Labute approximate surface area is 423 Å². The molecular weight excluding hydrogens is 1080 g/mol. The van der Waals surface area contributed by atoms with Crippen LogP contribution < -0.4 is 16.4 Å². The second-order valence-corrected chi connectivity index (χ2v) is 24.5. The number of nitrogens with zero attached hydrogens (tertiary/aromatic N) is 6. The maximum Gasteiger partial charge on any atom is 0.289 e. The fourth-order valence-electron chi connectivity index (χ4n) is 5.39. The molecule has 0 aliphatic rings. The maximum absolute atomic E-state index is 12.6. The van der Waals surface area contributed by atoms with Crippen molar-refractivity contribution < 1.29 is 43.4 Å². The van der Waals surface area contributed by atoms with Crippen molar-refractivity contribution in [2.75, 3.05) is 36.1 Å². The summed E-state index contributed by atoms with van der Waals surface area (Å²) in [6, 6.07) is 19.3. The van der Waals surface area contributed by atoms with Crippen LogP contribution in [-0.4, -0.2) is 94.0 Å². The minimum Gasteiger partial charge on any atom is -0.397 e. The number of benzene rings is 4. The van der Waals surface area contributed by atoms with Crippen molar-refractivity contribution in [1.82, 2.24) is 29.8 Å². The summed E-state index contributed by atoms with van der Waals surface area (Å²) in [5, 5.41) is 17.4. The smallest absolute Gasteiger partial charge is 0.289 e. The molecule has 28 heteroatoms. The third-order valence-corrected chi connectivity index (χ3v) is 14.8. The number of aromatic nitrogens is 5. The number of nitro benzene ring substituents is 1. The Kier molecular flexibility index (Phi) is 18.8. The van der Waals surface area contributed by atoms with Crippen LogP contribution in [0.3, 0.4) is 0 Å². The second-order valence-electron chi connectivity index (χ2n) is 14.8. The van der Waals surface area contributed by atoms with Crippen LogP contribution in [0.1, 0.15) is 29.1 Å². The number of aryl methyl sites for hydroxylation is 1. The van der Waals surface area contributed by atoms with E-state index in [4.69, 9.17) is 52.1 Å². The van der Waals surface area contributed by atoms with Gasteiger partial charge in [-0.3, -0.25) is 19.9 Å². The van der Waals surface area contributed by atoms with Gasteiger partial charge in [-0.1, -0.05) is 46.4 Å². The highest BCUT2D eigenvalue weighted by atomic mass is 35.5. The van der Waals surface area contributed by atoms with Crippen LogP contribution in [0.15, 0.2) is 129 Å². The lowest BCUT2D eigenvalue weighted by Gasteiger charge is -2.14. The Morgan fingerprint density at radius 3 is 1.69 bits per heavy atom. The standard InChI is InChI=1S/C21H20ClN7O3S.C7H6ClNO4S.C7H8ClNO2S.C7H7ClO2S/c1-12(27-21(30)16-7-19-18(9-23-16)26-11-29(19)2)17-8-25-20(10-24-17)28-15-6-13(33(3,31)32)4-5-14(15)22;1-14(12,13)5-2-3-6(8)7(4-5)9(10)11;1-12(10,11)5-2-3-6(8)7(9)4-5;1-11(9,10)7-4-2-6(8)3-5-7/h4-12H,1-3H3,(H,25,28)(H,27,30);2-4H,1H3;2-4H,9H2,1H3;2-5H,1H3. The van der Waals surface area contributed by atoms with Crippen molar-refractivity contribution in [3.05, 3.63) is 151 Å². The molecule has 0 fully saturated rings. The number of nitrogen functional groups attached to an aromatic ring is 1. The van der Waals surface area contributed by atoms with Gasteiger partial charge in [-0.2, -0.15) is 0 Å². The zero-order valence-electron chi connectivity index (χ0n) is 37.4. The molecule has 0 aliphatic carbocycles. The number of imidazole rings is 1. The minimum absolute atomic E-state index is 0.0811. The Hall–Kier alpha value is -5.99. The number of nitrogens with two attached hydrogens (primary N) is 1. The van der Waals surface area contributed by atoms with Crippen LogP contribution >= 0.6 is 46.4 Å². The molecular formula is C42H41Cl4N9O11S4. The van der Waals surface area contributed by atoms with Gasteiger partial charge in [0.1, 0.15) is 22.1 Å². The topological polar surface area (TPSA) is 303 Å². The lowest BCUT2D eigenvalue weighted by Crippen LogP contribution is -2.28. The largest absolute Gasteiger partial charge is 0.397 e. The number of rotatable bonds is 10. The Bertz CT molecular complexity index is 3530. The van der Waals surface area contributed by atoms with E-state index in [-0.39, 0.29) is 37.0 Å². The third kappa shape index (κ3) is 16.3. The Morgan fingerprint density at radius 1 is 0.657 bits per heavy atom. The van der Waals surface area contributed by atoms with Crippen LogP contribution in [-0.2, 0) is 46.4 Å². The molecule has 0 saturated carbocycles. The molecule has 70 heavy (non-hydrogen) atoms. The summed E-state index contributed by atoms with van der Waals surface area (Å²) in [7, 11) is -11.2. The lowest BCUT2D eigenvalue weighted by molar-refractivity contribution is -0.384. The number of halogens is 4. The molecule has 1 unspecified atom stereocenters. The number of carbonyl (C=O) groups excluding carboxylic acids is 1. The SMILES string of the molecule is CC(NC(=O)c1cc2c(cn1)ncn2C)c1cnc(Nc2cc(S(C)(=O)=O)ccc2Cl)cn1.CS(=O)(=O)c1ccc(Cl)c(N)c1.CS(=O)(=O)c1ccc(Cl)c([N+](=O)[O-])c1.CS(=O)(=O)c1ccc(Cl)cc1. The molecule has 0 radical (unpaired) electrons. The van der Waals surface area contributed by atoms with Gasteiger partial charge in [0.05, 0.1) is 88.1 Å². The van der Waals surface area contributed by atoms with Crippen molar-refractivity contribution >= 4 is 126 Å². The van der Waals surface area contributed by atoms with Gasteiger partial charge in [0.2, 0.25) is 0 Å². The Morgan fingerprint density at radius 2 is 1.17 bits per heavy atom. The summed E-state index contributed by atoms with van der Waals surface area (Å²) in [4.78, 5) is 39.8. The summed E-state index contributed by atoms with van der Waals surface area (Å²) in [6.45, 7) is 1.78. The normalized spacial score (nSPS) is 11.9. The molecule has 3 heterocycles. The maximum atomic E-state index is 12.6. The molecule has 3 aromatic heterocycles. The van der Waals surface area contributed by atoms with Crippen molar-refractivity contribution in [3.8, 4) is 0 Å². The number of carbonyl (C=O) groups is 1. The number of pyridine rings is 1. The number of nitrogens with one attached hydrogen (secondary N) is 2. The zero-order chi connectivity index (χ0) is 52.5. The summed E-state index contributed by atoms with van der Waals surface area (Å²) in [6.07, 6.45) is 10.6. The average molecular weight is 1120 g/mol. The van der Waals surface area contributed by atoms with Gasteiger partial charge >= 0.3 is 0 Å². The number of anilines is 3. The van der Waals surface area contributed by atoms with Gasteiger partial charge in [0, 0.05) is 43.2 Å². The summed E-state index contributed by atoms with van der Waals surface area (Å²) in [5.41, 5.74) is 7.99. The van der Waals surface area contributed by atoms with Crippen molar-refractivity contribution in [3.63, 3.8) is 0 Å². The minimum atomic E-state index is -3.44. The van der Waals surface area contributed by atoms with Crippen molar-refractivity contribution in [2.45, 2.75) is 32.5 Å². The second kappa shape index (κ2) is 23.3. The summed E-state index contributed by atoms with van der Waals surface area (Å²) >= 11 is 22.9. The summed E-state index contributed by atoms with van der Waals surface area (Å²) < 4.78 is 91.3. The third-order valence-electron chi connectivity index (χ3n) is 9.12. The van der Waals surface area contributed by atoms with Gasteiger partial charge in [-0.05, 0) is 85.8 Å². The number of fused-ring (bicyclic) bond motifs is 1. The van der Waals surface area contributed by atoms with Gasteiger partial charge in [-0.25, -0.2) is 48.6 Å². The van der Waals surface area contributed by atoms with E-state index in [9.17, 15) is 48.6 Å². The fourth-order valence-corrected chi connectivity index (χ4v) is 8.56. The first-order valence-corrected chi connectivity index (χ1v) is 28.4. The van der Waals surface area contributed by atoms with E-state index < -0.39 is 56.0 Å². The predicted molar refractivity (Wildman–Crippen MR) is 269 cm³/mol. The van der Waals surface area contributed by atoms with Crippen LogP contribution in [0.5, 0.6) is 0 Å². The number of hydrogen-bond donors (Lipinski definition) is 3. The quantitative estimate of drug-likeness (QED) is 0.0669. The molecule has 4 aromatic carbocycles. The van der Waals surface area contributed by atoms with Gasteiger partial charge < -0.3 is 20.9 Å². The molecule has 7 aromatic rings. The first-order valence-electron chi connectivity index (χ1n) is 19.4. The molecule has 372 valence electrons. The highest BCUT2D eigenvalue weighted by Gasteiger charge is 2.18. The van der Waals surface area contributed by atoms with Gasteiger partial charge in [-0.15, -0.1) is 0 Å². The van der Waals surface area contributed by atoms with Crippen LogP contribution in [0.4, 0.5) is 22.9 Å². The van der Waals surface area contributed by atoms with E-state index in [0.29, 0.717) is 42.7 Å². The molecule has 4 N–H and O–H groups in total. The van der Waals surface area contributed by atoms with Crippen LogP contribution in [0, 0.1) is 10.1 Å². The monoisotopic (exact) mass is 1120 g/mol. The van der Waals surface area contributed by atoms with E-state index in [2.05, 4.69) is 30.6 Å². The molecule has 1 amide bonds. The van der Waals surface area contributed by atoms with Crippen molar-refractivity contribution in [1.29, 1.82) is 0 Å². The first-order chi connectivity index (χ1) is 32.3. The number of sulfone groups is 4. The molecule has 7 rings (SSSR count). The molecule has 0 bridgehead atoms. The molecule has 0 aliphatic heterocycles. The molecule has 0 saturated heterocycles. The first kappa shape index (κ1) is 56.6. The fraction of sp³-hybridized carbons (Fsp3) is 0.167. The van der Waals surface area contributed by atoms with E-state index in [1.165, 1.54) is 73.1 Å². The number of amides is 1.